The van der Waals surface area contributed by atoms with E-state index < -0.39 is 21.0 Å². The van der Waals surface area contributed by atoms with Crippen LogP contribution in [0, 0.1) is 11.7 Å². The molecule has 12 nitrogen and oxygen atoms in total. The van der Waals surface area contributed by atoms with Gasteiger partial charge in [-0.2, -0.15) is 5.10 Å². The third-order valence-electron chi connectivity index (χ3n) is 7.31. The summed E-state index contributed by atoms with van der Waals surface area (Å²) < 4.78 is 38.7. The number of pyridine rings is 3. The SMILES string of the molecule is CS(=O)(=O)C(N)c1cc(F)cc(-c2nccc3[nH]c(-c4n[nH]c5ncc(-c6cncc(NC(=O)C7CC7)c6)cc45)nc23)c1. The van der Waals surface area contributed by atoms with E-state index in [1.54, 1.807) is 30.9 Å². The smallest absolute Gasteiger partial charge is 0.227 e. The summed E-state index contributed by atoms with van der Waals surface area (Å²) in [6, 6.07) is 9.33. The number of carbonyl (C=O) groups excluding carboxylic acids is 1. The van der Waals surface area contributed by atoms with Crippen LogP contribution in [0.25, 0.3) is 56.0 Å². The normalized spacial score (nSPS) is 14.3. The number of sulfone groups is 1. The second-order valence-corrected chi connectivity index (χ2v) is 12.7. The highest BCUT2D eigenvalue weighted by atomic mass is 32.2. The maximum absolute atomic E-state index is 14.6. The zero-order valence-electron chi connectivity index (χ0n) is 22.7. The monoisotopic (exact) mass is 597 g/mol. The van der Waals surface area contributed by atoms with Crippen molar-refractivity contribution in [2.24, 2.45) is 11.7 Å². The number of halogens is 1. The summed E-state index contributed by atoms with van der Waals surface area (Å²) in [6.07, 6.45) is 9.34. The van der Waals surface area contributed by atoms with E-state index in [1.807, 2.05) is 12.1 Å². The number of imidazole rings is 1. The molecule has 0 radical (unpaired) electrons. The van der Waals surface area contributed by atoms with Crippen molar-refractivity contribution < 1.29 is 17.6 Å². The van der Waals surface area contributed by atoms with Gasteiger partial charge in [-0.3, -0.25) is 19.9 Å². The Balaban J connectivity index is 1.27. The number of nitrogens with one attached hydrogen (secondary N) is 3. The number of nitrogens with two attached hydrogens (primary N) is 1. The van der Waals surface area contributed by atoms with Gasteiger partial charge in [-0.1, -0.05) is 0 Å². The molecule has 14 heteroatoms. The molecule has 1 unspecified atom stereocenters. The van der Waals surface area contributed by atoms with Crippen LogP contribution in [-0.4, -0.2) is 55.7 Å². The molecule has 1 fully saturated rings. The number of rotatable bonds is 7. The number of fused-ring (bicyclic) bond motifs is 2. The molecule has 7 rings (SSSR count). The van der Waals surface area contributed by atoms with Gasteiger partial charge in [-0.25, -0.2) is 22.8 Å². The Bertz CT molecular complexity index is 2170. The first-order valence-electron chi connectivity index (χ1n) is 13.3. The third kappa shape index (κ3) is 5.10. The molecule has 6 aromatic rings. The minimum atomic E-state index is -3.66. The minimum Gasteiger partial charge on any atom is -0.336 e. The first kappa shape index (κ1) is 26.8. The number of hydrogen-bond donors (Lipinski definition) is 4. The molecule has 1 amide bonds. The summed E-state index contributed by atoms with van der Waals surface area (Å²) in [4.78, 5) is 33.4. The molecule has 5 N–H and O–H groups in total. The fourth-order valence-corrected chi connectivity index (χ4v) is 5.55. The summed E-state index contributed by atoms with van der Waals surface area (Å²) in [5.41, 5.74) is 10.9. The van der Waals surface area contributed by atoms with Crippen molar-refractivity contribution in [1.82, 2.24) is 35.1 Å². The van der Waals surface area contributed by atoms with Crippen molar-refractivity contribution in [2.75, 3.05) is 11.6 Å². The lowest BCUT2D eigenvalue weighted by Crippen LogP contribution is -2.20. The van der Waals surface area contributed by atoms with Gasteiger partial charge < -0.3 is 16.0 Å². The number of H-pyrrole nitrogens is 2. The number of nitrogens with zero attached hydrogens (tertiary/aromatic N) is 5. The van der Waals surface area contributed by atoms with Crippen molar-refractivity contribution in [3.8, 4) is 33.9 Å². The van der Waals surface area contributed by atoms with E-state index in [0.29, 0.717) is 50.5 Å². The maximum Gasteiger partial charge on any atom is 0.227 e. The molecule has 1 aliphatic carbocycles. The van der Waals surface area contributed by atoms with E-state index in [2.05, 4.69) is 35.5 Å². The number of anilines is 1. The highest BCUT2D eigenvalue weighted by Crippen LogP contribution is 2.34. The second-order valence-electron chi connectivity index (χ2n) is 10.6. The van der Waals surface area contributed by atoms with Crippen LogP contribution < -0.4 is 11.1 Å². The molecule has 0 bridgehead atoms. The standard InChI is InChI=1S/C29H24FN9O3S/c1-43(41,42)26(31)16-6-15(7-19(30)8-16)23-25-22(4-5-33-23)36-28(37-25)24-21-10-18(12-34-27(21)39-38-24)17-9-20(13-32-11-17)35-29(40)14-2-3-14/h4-14,26H,2-3,31H2,1H3,(H,35,40)(H,36,37)(H,34,38,39). The van der Waals surface area contributed by atoms with Gasteiger partial charge >= 0.3 is 0 Å². The van der Waals surface area contributed by atoms with Gasteiger partial charge in [-0.05, 0) is 54.8 Å². The van der Waals surface area contributed by atoms with Gasteiger partial charge in [0, 0.05) is 47.5 Å². The lowest BCUT2D eigenvalue weighted by Gasteiger charge is -2.12. The van der Waals surface area contributed by atoms with Crippen molar-refractivity contribution in [2.45, 2.75) is 18.2 Å². The summed E-state index contributed by atoms with van der Waals surface area (Å²) in [7, 11) is -3.66. The molecule has 0 saturated heterocycles. The largest absolute Gasteiger partial charge is 0.336 e. The van der Waals surface area contributed by atoms with E-state index in [1.165, 1.54) is 12.1 Å². The highest BCUT2D eigenvalue weighted by molar-refractivity contribution is 7.90. The Labute approximate surface area is 243 Å². The number of benzene rings is 1. The Morgan fingerprint density at radius 1 is 1.05 bits per heavy atom. The molecule has 5 heterocycles. The first-order chi connectivity index (χ1) is 20.6. The number of hydrogen-bond acceptors (Lipinski definition) is 9. The molecule has 0 aliphatic heterocycles. The van der Waals surface area contributed by atoms with E-state index in [-0.39, 0.29) is 17.4 Å². The summed E-state index contributed by atoms with van der Waals surface area (Å²) in [5.74, 6) is -0.162. The average molecular weight is 598 g/mol. The van der Waals surface area contributed by atoms with Gasteiger partial charge in [0.15, 0.2) is 21.3 Å². The van der Waals surface area contributed by atoms with Gasteiger partial charge in [0.1, 0.15) is 22.4 Å². The Hall–Kier alpha value is -5.08. The van der Waals surface area contributed by atoms with Crippen molar-refractivity contribution in [1.29, 1.82) is 0 Å². The third-order valence-corrected chi connectivity index (χ3v) is 8.51. The van der Waals surface area contributed by atoms with Crippen LogP contribution in [0.1, 0.15) is 23.8 Å². The molecule has 43 heavy (non-hydrogen) atoms. The van der Waals surface area contributed by atoms with Crippen LogP contribution in [0.2, 0.25) is 0 Å². The first-order valence-corrected chi connectivity index (χ1v) is 15.3. The Kier molecular flexibility index (Phi) is 6.25. The Morgan fingerprint density at radius 2 is 1.86 bits per heavy atom. The minimum absolute atomic E-state index is 0.00361. The van der Waals surface area contributed by atoms with E-state index in [0.717, 1.165) is 36.3 Å². The van der Waals surface area contributed by atoms with Gasteiger partial charge in [0.25, 0.3) is 0 Å². The van der Waals surface area contributed by atoms with Crippen LogP contribution in [0.5, 0.6) is 0 Å². The summed E-state index contributed by atoms with van der Waals surface area (Å²) >= 11 is 0. The molecule has 216 valence electrons. The predicted molar refractivity (Wildman–Crippen MR) is 159 cm³/mol. The van der Waals surface area contributed by atoms with Crippen LogP contribution in [-0.2, 0) is 14.6 Å². The second kappa shape index (κ2) is 10.0. The van der Waals surface area contributed by atoms with Crippen LogP contribution >= 0.6 is 0 Å². The lowest BCUT2D eigenvalue weighted by molar-refractivity contribution is -0.117. The van der Waals surface area contributed by atoms with E-state index >= 15 is 0 Å². The van der Waals surface area contributed by atoms with E-state index in [9.17, 15) is 17.6 Å². The average Bonchev–Trinajstić information content (AvgIpc) is 3.62. The van der Waals surface area contributed by atoms with Crippen LogP contribution in [0.15, 0.2) is 61.2 Å². The fraction of sp³-hybridized carbons (Fsp3) is 0.172. The summed E-state index contributed by atoms with van der Waals surface area (Å²) in [6.45, 7) is 0. The molecule has 5 aromatic heterocycles. The zero-order chi connectivity index (χ0) is 29.9. The fourth-order valence-electron chi connectivity index (χ4n) is 4.92. The van der Waals surface area contributed by atoms with Gasteiger partial charge in [0.05, 0.1) is 28.5 Å². The summed E-state index contributed by atoms with van der Waals surface area (Å²) in [5, 5.41) is 9.58. The predicted octanol–water partition coefficient (Wildman–Crippen LogP) is 4.11. The van der Waals surface area contributed by atoms with Crippen molar-refractivity contribution in [3.05, 3.63) is 72.6 Å². The molecule has 1 saturated carbocycles. The van der Waals surface area contributed by atoms with Gasteiger partial charge in [-0.15, -0.1) is 0 Å². The van der Waals surface area contributed by atoms with Crippen molar-refractivity contribution in [3.63, 3.8) is 0 Å². The maximum atomic E-state index is 14.6. The number of amides is 1. The molecule has 0 spiro atoms. The molecule has 1 aliphatic rings. The zero-order valence-corrected chi connectivity index (χ0v) is 23.5. The number of aromatic amines is 2. The quantitative estimate of drug-likeness (QED) is 0.210. The number of carbonyl (C=O) groups is 1. The van der Waals surface area contributed by atoms with E-state index in [4.69, 9.17) is 10.7 Å². The topological polar surface area (TPSA) is 185 Å². The van der Waals surface area contributed by atoms with Crippen LogP contribution in [0.3, 0.4) is 0 Å². The number of aromatic nitrogens is 7. The highest BCUT2D eigenvalue weighted by Gasteiger charge is 2.29. The van der Waals surface area contributed by atoms with Crippen LogP contribution in [0.4, 0.5) is 10.1 Å². The molecular formula is C29H24FN9O3S. The molecule has 1 atom stereocenters. The Morgan fingerprint density at radius 3 is 2.65 bits per heavy atom. The van der Waals surface area contributed by atoms with Crippen molar-refractivity contribution >= 4 is 43.5 Å². The molecule has 1 aromatic carbocycles. The molecular weight excluding hydrogens is 573 g/mol. The van der Waals surface area contributed by atoms with Gasteiger partial charge in [0.2, 0.25) is 5.91 Å². The lowest BCUT2D eigenvalue weighted by atomic mass is 10.1.